The number of nitrogens with two attached hydrogens (primary N) is 1. The maximum atomic E-state index is 12.3. The molecule has 5 heteroatoms. The van der Waals surface area contributed by atoms with Crippen molar-refractivity contribution in [1.29, 1.82) is 0 Å². The molecule has 0 aliphatic carbocycles. The van der Waals surface area contributed by atoms with Crippen molar-refractivity contribution in [3.8, 4) is 11.5 Å². The number of phenols is 2. The van der Waals surface area contributed by atoms with E-state index in [-0.39, 0.29) is 17.4 Å². The van der Waals surface area contributed by atoms with Crippen LogP contribution in [0, 0.1) is 0 Å². The molecule has 0 bridgehead atoms. The van der Waals surface area contributed by atoms with Gasteiger partial charge < -0.3 is 20.8 Å². The number of rotatable bonds is 4. The first-order valence-corrected chi connectivity index (χ1v) is 6.57. The van der Waals surface area contributed by atoms with Crippen LogP contribution >= 0.6 is 0 Å². The van der Waals surface area contributed by atoms with Crippen LogP contribution in [0.15, 0.2) is 48.5 Å². The van der Waals surface area contributed by atoms with Crippen molar-refractivity contribution in [2.75, 3.05) is 11.9 Å². The second-order valence-electron chi connectivity index (χ2n) is 4.89. The van der Waals surface area contributed by atoms with E-state index in [0.717, 1.165) is 5.56 Å². The van der Waals surface area contributed by atoms with Crippen molar-refractivity contribution < 1.29 is 15.0 Å². The van der Waals surface area contributed by atoms with Crippen LogP contribution in [0.4, 0.5) is 5.69 Å². The van der Waals surface area contributed by atoms with E-state index < -0.39 is 6.04 Å². The van der Waals surface area contributed by atoms with Gasteiger partial charge in [0.15, 0.2) is 0 Å². The molecule has 0 aliphatic rings. The fourth-order valence-corrected chi connectivity index (χ4v) is 2.05. The normalized spacial score (nSPS) is 11.9. The lowest BCUT2D eigenvalue weighted by Crippen LogP contribution is -2.43. The van der Waals surface area contributed by atoms with E-state index in [4.69, 9.17) is 5.73 Å². The monoisotopic (exact) mass is 286 g/mol. The minimum absolute atomic E-state index is 0.0965. The van der Waals surface area contributed by atoms with Gasteiger partial charge in [-0.05, 0) is 36.2 Å². The number of carbonyl (C=O) groups is 1. The quantitative estimate of drug-likeness (QED) is 0.797. The molecule has 5 nitrogen and oxygen atoms in total. The molecule has 0 saturated carbocycles. The lowest BCUT2D eigenvalue weighted by molar-refractivity contribution is -0.119. The topological polar surface area (TPSA) is 86.8 Å². The van der Waals surface area contributed by atoms with Crippen LogP contribution in [0.3, 0.4) is 0 Å². The summed E-state index contributed by atoms with van der Waals surface area (Å²) in [5.41, 5.74) is 7.40. The Morgan fingerprint density at radius 1 is 1.14 bits per heavy atom. The number of hydrogen-bond acceptors (Lipinski definition) is 4. The Hall–Kier alpha value is -2.53. The largest absolute Gasteiger partial charge is 0.508 e. The Kier molecular flexibility index (Phi) is 4.45. The molecule has 1 atom stereocenters. The molecule has 0 aliphatic heterocycles. The Morgan fingerprint density at radius 3 is 2.43 bits per heavy atom. The summed E-state index contributed by atoms with van der Waals surface area (Å²) in [7, 11) is 1.62. The van der Waals surface area contributed by atoms with Gasteiger partial charge in [0.05, 0.1) is 6.04 Å². The van der Waals surface area contributed by atoms with Crippen LogP contribution in [0.25, 0.3) is 0 Å². The number of benzene rings is 2. The zero-order valence-corrected chi connectivity index (χ0v) is 11.7. The van der Waals surface area contributed by atoms with Crippen molar-refractivity contribution in [2.24, 2.45) is 5.73 Å². The Balaban J connectivity index is 2.06. The predicted molar refractivity (Wildman–Crippen MR) is 81.3 cm³/mol. The maximum Gasteiger partial charge on any atom is 0.243 e. The van der Waals surface area contributed by atoms with Crippen LogP contribution in [-0.4, -0.2) is 29.2 Å². The highest BCUT2D eigenvalue weighted by atomic mass is 16.3. The van der Waals surface area contributed by atoms with E-state index in [0.29, 0.717) is 12.1 Å². The van der Waals surface area contributed by atoms with E-state index in [1.54, 1.807) is 43.4 Å². The summed E-state index contributed by atoms with van der Waals surface area (Å²) in [6.07, 6.45) is 0.377. The zero-order chi connectivity index (χ0) is 15.4. The third-order valence-corrected chi connectivity index (χ3v) is 3.26. The van der Waals surface area contributed by atoms with Crippen molar-refractivity contribution in [1.82, 2.24) is 0 Å². The average molecular weight is 286 g/mol. The van der Waals surface area contributed by atoms with Crippen LogP contribution in [0.1, 0.15) is 5.56 Å². The number of carbonyl (C=O) groups excluding carboxylic acids is 1. The fourth-order valence-electron chi connectivity index (χ4n) is 2.05. The minimum Gasteiger partial charge on any atom is -0.508 e. The van der Waals surface area contributed by atoms with Crippen molar-refractivity contribution in [3.05, 3.63) is 54.1 Å². The second kappa shape index (κ2) is 6.28. The fraction of sp³-hybridized carbons (Fsp3) is 0.188. The summed E-state index contributed by atoms with van der Waals surface area (Å²) in [4.78, 5) is 13.7. The van der Waals surface area contributed by atoms with Crippen molar-refractivity contribution in [2.45, 2.75) is 12.5 Å². The van der Waals surface area contributed by atoms with Gasteiger partial charge in [-0.15, -0.1) is 0 Å². The van der Waals surface area contributed by atoms with Gasteiger partial charge in [-0.1, -0.05) is 18.2 Å². The van der Waals surface area contributed by atoms with Gasteiger partial charge in [0.2, 0.25) is 5.91 Å². The summed E-state index contributed by atoms with van der Waals surface area (Å²) in [6.45, 7) is 0. The summed E-state index contributed by atoms with van der Waals surface area (Å²) in [6, 6.07) is 12.3. The Labute approximate surface area is 123 Å². The van der Waals surface area contributed by atoms with Gasteiger partial charge in [0, 0.05) is 18.8 Å². The Bertz CT molecular complexity index is 626. The highest BCUT2D eigenvalue weighted by Gasteiger charge is 2.19. The molecule has 0 unspecified atom stereocenters. The SMILES string of the molecule is CN(C(=O)[C@@H](N)Cc1ccc(O)cc1)c1cccc(O)c1. The number of anilines is 1. The molecule has 0 heterocycles. The van der Waals surface area contributed by atoms with E-state index >= 15 is 0 Å². The number of aromatic hydroxyl groups is 2. The first kappa shape index (κ1) is 14.9. The van der Waals surface area contributed by atoms with Crippen molar-refractivity contribution >= 4 is 11.6 Å². The van der Waals surface area contributed by atoms with Gasteiger partial charge >= 0.3 is 0 Å². The molecule has 0 saturated heterocycles. The van der Waals surface area contributed by atoms with Gasteiger partial charge in [-0.3, -0.25) is 4.79 Å². The van der Waals surface area contributed by atoms with Gasteiger partial charge in [-0.25, -0.2) is 0 Å². The second-order valence-corrected chi connectivity index (χ2v) is 4.89. The number of likely N-dealkylation sites (N-methyl/N-ethyl adjacent to an activating group) is 1. The molecule has 21 heavy (non-hydrogen) atoms. The third kappa shape index (κ3) is 3.73. The summed E-state index contributed by atoms with van der Waals surface area (Å²) in [5, 5.41) is 18.7. The molecule has 1 amide bonds. The smallest absolute Gasteiger partial charge is 0.243 e. The summed E-state index contributed by atoms with van der Waals surface area (Å²) in [5.74, 6) is 0.0310. The van der Waals surface area contributed by atoms with E-state index in [9.17, 15) is 15.0 Å². The molecule has 2 rings (SSSR count). The van der Waals surface area contributed by atoms with E-state index in [1.165, 1.54) is 17.0 Å². The van der Waals surface area contributed by atoms with Gasteiger partial charge in [-0.2, -0.15) is 0 Å². The highest BCUT2D eigenvalue weighted by molar-refractivity contribution is 5.96. The number of nitrogens with zero attached hydrogens (tertiary/aromatic N) is 1. The molecule has 0 aromatic heterocycles. The van der Waals surface area contributed by atoms with E-state index in [2.05, 4.69) is 0 Å². The molecular weight excluding hydrogens is 268 g/mol. The zero-order valence-electron chi connectivity index (χ0n) is 11.7. The first-order valence-electron chi connectivity index (χ1n) is 6.57. The number of hydrogen-bond donors (Lipinski definition) is 3. The van der Waals surface area contributed by atoms with Crippen molar-refractivity contribution in [3.63, 3.8) is 0 Å². The van der Waals surface area contributed by atoms with Crippen LogP contribution < -0.4 is 10.6 Å². The molecule has 110 valence electrons. The molecule has 0 radical (unpaired) electrons. The first-order chi connectivity index (χ1) is 9.97. The van der Waals surface area contributed by atoms with Crippen LogP contribution in [-0.2, 0) is 11.2 Å². The molecule has 0 fully saturated rings. The molecule has 2 aromatic carbocycles. The molecular formula is C16H18N2O3. The lowest BCUT2D eigenvalue weighted by atomic mass is 10.1. The van der Waals surface area contributed by atoms with Crippen LogP contribution in [0.2, 0.25) is 0 Å². The van der Waals surface area contributed by atoms with E-state index in [1.807, 2.05) is 0 Å². The Morgan fingerprint density at radius 2 is 1.81 bits per heavy atom. The minimum atomic E-state index is -0.693. The number of phenolic OH excluding ortho intramolecular Hbond substituents is 2. The maximum absolute atomic E-state index is 12.3. The highest BCUT2D eigenvalue weighted by Crippen LogP contribution is 2.20. The predicted octanol–water partition coefficient (Wildman–Crippen LogP) is 1.63. The standard InChI is InChI=1S/C16H18N2O3/c1-18(12-3-2-4-14(20)10-12)16(21)15(17)9-11-5-7-13(19)8-6-11/h2-8,10,15,19-20H,9,17H2,1H3/t15-/m0/s1. The lowest BCUT2D eigenvalue weighted by Gasteiger charge is -2.21. The van der Waals surface area contributed by atoms with Gasteiger partial charge in [0.1, 0.15) is 11.5 Å². The molecule has 4 N–H and O–H groups in total. The molecule has 0 spiro atoms. The summed E-state index contributed by atoms with van der Waals surface area (Å²) < 4.78 is 0. The average Bonchev–Trinajstić information content (AvgIpc) is 2.48. The molecule has 2 aromatic rings. The third-order valence-electron chi connectivity index (χ3n) is 3.26. The number of amides is 1. The summed E-state index contributed by atoms with van der Waals surface area (Å²) >= 11 is 0. The van der Waals surface area contributed by atoms with Gasteiger partial charge in [0.25, 0.3) is 0 Å². The van der Waals surface area contributed by atoms with Crippen LogP contribution in [0.5, 0.6) is 11.5 Å².